The zero-order valence-electron chi connectivity index (χ0n) is 11.9. The van der Waals surface area contributed by atoms with E-state index in [1.807, 2.05) is 13.1 Å². The maximum atomic E-state index is 5.74. The molecule has 0 aromatic carbocycles. The van der Waals surface area contributed by atoms with E-state index in [4.69, 9.17) is 4.74 Å². The quantitative estimate of drug-likeness (QED) is 0.870. The minimum Gasteiger partial charge on any atom is -0.378 e. The smallest absolute Gasteiger partial charge is 0.0655 e. The molecule has 100 valence electrons. The van der Waals surface area contributed by atoms with E-state index in [0.717, 1.165) is 25.3 Å². The minimum atomic E-state index is 0.230. The predicted molar refractivity (Wildman–Crippen MR) is 73.4 cm³/mol. The van der Waals surface area contributed by atoms with E-state index in [0.29, 0.717) is 12.1 Å². The van der Waals surface area contributed by atoms with Crippen LogP contribution in [0.1, 0.15) is 38.4 Å². The van der Waals surface area contributed by atoms with Crippen LogP contribution < -0.4 is 5.32 Å². The van der Waals surface area contributed by atoms with Crippen LogP contribution in [0.4, 0.5) is 0 Å². The molecule has 1 heterocycles. The molecule has 1 N–H and O–H groups in total. The molecule has 1 aliphatic rings. The van der Waals surface area contributed by atoms with Crippen LogP contribution >= 0.6 is 0 Å². The van der Waals surface area contributed by atoms with Crippen molar-refractivity contribution in [3.05, 3.63) is 29.6 Å². The molecule has 2 rings (SSSR count). The lowest BCUT2D eigenvalue weighted by atomic mass is 9.64. The van der Waals surface area contributed by atoms with Gasteiger partial charge in [0, 0.05) is 36.5 Å². The van der Waals surface area contributed by atoms with Crippen molar-refractivity contribution in [3.63, 3.8) is 0 Å². The van der Waals surface area contributed by atoms with E-state index in [1.54, 1.807) is 0 Å². The van der Waals surface area contributed by atoms with Crippen molar-refractivity contribution in [2.45, 2.75) is 52.8 Å². The molecular formula is C15H24N2O. The number of hydrogen-bond acceptors (Lipinski definition) is 3. The third-order valence-electron chi connectivity index (χ3n) is 4.07. The number of aryl methyl sites for hydroxylation is 1. The highest BCUT2D eigenvalue weighted by atomic mass is 16.5. The molecule has 0 saturated heterocycles. The van der Waals surface area contributed by atoms with E-state index in [-0.39, 0.29) is 5.41 Å². The van der Waals surface area contributed by atoms with Crippen molar-refractivity contribution in [3.8, 4) is 0 Å². The summed E-state index contributed by atoms with van der Waals surface area (Å²) < 4.78 is 5.74. The van der Waals surface area contributed by atoms with Gasteiger partial charge in [-0.15, -0.1) is 0 Å². The third-order valence-corrected chi connectivity index (χ3v) is 4.07. The fourth-order valence-corrected chi connectivity index (χ4v) is 2.56. The van der Waals surface area contributed by atoms with Crippen molar-refractivity contribution in [2.24, 2.45) is 5.41 Å². The van der Waals surface area contributed by atoms with Crippen LogP contribution in [0.3, 0.4) is 0 Å². The first-order valence-corrected chi connectivity index (χ1v) is 6.80. The molecule has 1 aromatic rings. The first-order chi connectivity index (χ1) is 8.54. The van der Waals surface area contributed by atoms with Crippen molar-refractivity contribution >= 4 is 0 Å². The molecule has 3 heteroatoms. The molecule has 2 unspecified atom stereocenters. The van der Waals surface area contributed by atoms with Gasteiger partial charge in [-0.05, 0) is 31.9 Å². The highest BCUT2D eigenvalue weighted by molar-refractivity contribution is 5.14. The zero-order chi connectivity index (χ0) is 13.2. The molecule has 0 bridgehead atoms. The summed E-state index contributed by atoms with van der Waals surface area (Å²) >= 11 is 0. The Kier molecular flexibility index (Phi) is 4.03. The molecule has 0 amide bonds. The van der Waals surface area contributed by atoms with Crippen LogP contribution in [-0.4, -0.2) is 23.7 Å². The average molecular weight is 248 g/mol. The summed E-state index contributed by atoms with van der Waals surface area (Å²) in [6.07, 6.45) is 3.46. The minimum absolute atomic E-state index is 0.230. The lowest BCUT2D eigenvalue weighted by Crippen LogP contribution is -2.60. The second-order valence-electron chi connectivity index (χ2n) is 5.74. The number of hydrogen-bond donors (Lipinski definition) is 1. The Bertz CT molecular complexity index is 386. The maximum Gasteiger partial charge on any atom is 0.0655 e. The van der Waals surface area contributed by atoms with Crippen LogP contribution in [0.15, 0.2) is 18.3 Å². The summed E-state index contributed by atoms with van der Waals surface area (Å²) in [6.45, 7) is 10.3. The van der Waals surface area contributed by atoms with E-state index in [2.05, 4.69) is 43.2 Å². The molecule has 0 radical (unpaired) electrons. The standard InChI is InChI=1S/C15H24N2O/c1-5-18-14-8-13(15(14,3)4)17-10-12-7-6-11(2)16-9-12/h6-7,9,13-14,17H,5,8,10H2,1-4H3. The molecule has 18 heavy (non-hydrogen) atoms. The summed E-state index contributed by atoms with van der Waals surface area (Å²) in [5, 5.41) is 3.61. The van der Waals surface area contributed by atoms with Gasteiger partial charge in [-0.2, -0.15) is 0 Å². The van der Waals surface area contributed by atoms with Crippen LogP contribution in [-0.2, 0) is 11.3 Å². The van der Waals surface area contributed by atoms with Gasteiger partial charge >= 0.3 is 0 Å². The fraction of sp³-hybridized carbons (Fsp3) is 0.667. The Morgan fingerprint density at radius 2 is 2.22 bits per heavy atom. The fourth-order valence-electron chi connectivity index (χ4n) is 2.56. The van der Waals surface area contributed by atoms with Crippen molar-refractivity contribution in [2.75, 3.05) is 6.61 Å². The van der Waals surface area contributed by atoms with Gasteiger partial charge in [0.1, 0.15) is 0 Å². The Morgan fingerprint density at radius 3 is 2.78 bits per heavy atom. The Morgan fingerprint density at radius 1 is 1.44 bits per heavy atom. The van der Waals surface area contributed by atoms with Crippen molar-refractivity contribution in [1.29, 1.82) is 0 Å². The zero-order valence-corrected chi connectivity index (χ0v) is 11.9. The number of rotatable bonds is 5. The second kappa shape index (κ2) is 5.37. The molecule has 1 aliphatic carbocycles. The van der Waals surface area contributed by atoms with E-state index >= 15 is 0 Å². The summed E-state index contributed by atoms with van der Waals surface area (Å²) in [6, 6.07) is 4.74. The lowest BCUT2D eigenvalue weighted by Gasteiger charge is -2.52. The van der Waals surface area contributed by atoms with Gasteiger partial charge in [0.15, 0.2) is 0 Å². The van der Waals surface area contributed by atoms with Crippen LogP contribution in [0.2, 0.25) is 0 Å². The predicted octanol–water partition coefficient (Wildman–Crippen LogP) is 2.68. The molecule has 1 fully saturated rings. The number of aromatic nitrogens is 1. The summed E-state index contributed by atoms with van der Waals surface area (Å²) in [5.41, 5.74) is 2.55. The molecule has 0 spiro atoms. The molecule has 1 saturated carbocycles. The van der Waals surface area contributed by atoms with Gasteiger partial charge in [0.25, 0.3) is 0 Å². The van der Waals surface area contributed by atoms with Crippen molar-refractivity contribution < 1.29 is 4.74 Å². The molecular weight excluding hydrogens is 224 g/mol. The van der Waals surface area contributed by atoms with Gasteiger partial charge in [-0.1, -0.05) is 19.9 Å². The molecule has 2 atom stereocenters. The van der Waals surface area contributed by atoms with Gasteiger partial charge in [-0.25, -0.2) is 0 Å². The van der Waals surface area contributed by atoms with Crippen LogP contribution in [0.5, 0.6) is 0 Å². The van der Waals surface area contributed by atoms with Gasteiger partial charge in [0.05, 0.1) is 6.10 Å². The molecule has 3 nitrogen and oxygen atoms in total. The monoisotopic (exact) mass is 248 g/mol. The highest BCUT2D eigenvalue weighted by Gasteiger charge is 2.48. The van der Waals surface area contributed by atoms with Crippen LogP contribution in [0.25, 0.3) is 0 Å². The summed E-state index contributed by atoms with van der Waals surface area (Å²) in [5.74, 6) is 0. The maximum absolute atomic E-state index is 5.74. The van der Waals surface area contributed by atoms with E-state index in [1.165, 1.54) is 5.56 Å². The Labute approximate surface area is 110 Å². The Balaban J connectivity index is 1.83. The third kappa shape index (κ3) is 2.73. The first-order valence-electron chi connectivity index (χ1n) is 6.80. The Hall–Kier alpha value is -0.930. The first kappa shape index (κ1) is 13.5. The van der Waals surface area contributed by atoms with Gasteiger partial charge in [-0.3, -0.25) is 4.98 Å². The normalized spacial score (nSPS) is 25.8. The van der Waals surface area contributed by atoms with E-state index in [9.17, 15) is 0 Å². The number of nitrogens with one attached hydrogen (secondary N) is 1. The number of ether oxygens (including phenoxy) is 1. The van der Waals surface area contributed by atoms with Gasteiger partial charge < -0.3 is 10.1 Å². The SMILES string of the molecule is CCOC1CC(NCc2ccc(C)nc2)C1(C)C. The largest absolute Gasteiger partial charge is 0.378 e. The molecule has 1 aromatic heterocycles. The lowest BCUT2D eigenvalue weighted by molar-refractivity contribution is -0.114. The summed E-state index contributed by atoms with van der Waals surface area (Å²) in [4.78, 5) is 4.32. The molecule has 0 aliphatic heterocycles. The number of nitrogens with zero attached hydrogens (tertiary/aromatic N) is 1. The van der Waals surface area contributed by atoms with Crippen molar-refractivity contribution in [1.82, 2.24) is 10.3 Å². The summed E-state index contributed by atoms with van der Waals surface area (Å²) in [7, 11) is 0. The topological polar surface area (TPSA) is 34.1 Å². The average Bonchev–Trinajstić information content (AvgIpc) is 2.35. The highest BCUT2D eigenvalue weighted by Crippen LogP contribution is 2.42. The van der Waals surface area contributed by atoms with E-state index < -0.39 is 0 Å². The van der Waals surface area contributed by atoms with Crippen LogP contribution in [0, 0.1) is 12.3 Å². The number of pyridine rings is 1. The second-order valence-corrected chi connectivity index (χ2v) is 5.74. The van der Waals surface area contributed by atoms with Gasteiger partial charge in [0.2, 0.25) is 0 Å².